The Bertz CT molecular complexity index is 1300. The molecule has 1 aliphatic rings. The summed E-state index contributed by atoms with van der Waals surface area (Å²) in [6.07, 6.45) is 7.50. The molecule has 0 amide bonds. The van der Waals surface area contributed by atoms with Gasteiger partial charge in [-0.3, -0.25) is 4.98 Å². The molecule has 170 valence electrons. The van der Waals surface area contributed by atoms with Gasteiger partial charge in [0.05, 0.1) is 11.0 Å². The second kappa shape index (κ2) is 9.22. The van der Waals surface area contributed by atoms with Gasteiger partial charge in [0, 0.05) is 23.0 Å². The number of nitrogens with zero attached hydrogens (tertiary/aromatic N) is 3. The first-order chi connectivity index (χ1) is 16.0. The maximum absolute atomic E-state index is 13.9. The number of pyridine rings is 1. The molecule has 0 unspecified atom stereocenters. The van der Waals surface area contributed by atoms with Crippen molar-refractivity contribution in [3.63, 3.8) is 0 Å². The lowest BCUT2D eigenvalue weighted by Gasteiger charge is -2.31. The van der Waals surface area contributed by atoms with Crippen molar-refractivity contribution in [1.82, 2.24) is 15.0 Å². The van der Waals surface area contributed by atoms with Gasteiger partial charge in [0.25, 0.3) is 0 Å². The highest BCUT2D eigenvalue weighted by molar-refractivity contribution is 6.28. The van der Waals surface area contributed by atoms with Gasteiger partial charge in [-0.1, -0.05) is 6.07 Å². The van der Waals surface area contributed by atoms with Gasteiger partial charge < -0.3 is 5.32 Å². The Morgan fingerprint density at radius 1 is 1.00 bits per heavy atom. The van der Waals surface area contributed by atoms with Gasteiger partial charge >= 0.3 is 0 Å². The Kier molecular flexibility index (Phi) is 6.15. The summed E-state index contributed by atoms with van der Waals surface area (Å²) in [5.41, 5.74) is 4.13. The molecule has 33 heavy (non-hydrogen) atoms. The lowest BCUT2D eigenvalue weighted by atomic mass is 9.76. The maximum atomic E-state index is 13.9. The van der Waals surface area contributed by atoms with E-state index in [-0.39, 0.29) is 17.1 Å². The van der Waals surface area contributed by atoms with Crippen LogP contribution < -0.4 is 5.32 Å². The zero-order valence-electron chi connectivity index (χ0n) is 19.0. The lowest BCUT2D eigenvalue weighted by Crippen LogP contribution is -2.23. The van der Waals surface area contributed by atoms with Crippen molar-refractivity contribution >= 4 is 39.2 Å². The lowest BCUT2D eigenvalue weighted by molar-refractivity contribution is 0.302. The fraction of sp³-hybridized carbons (Fsp3) is 0.370. The van der Waals surface area contributed by atoms with E-state index >= 15 is 0 Å². The molecule has 0 aliphatic heterocycles. The summed E-state index contributed by atoms with van der Waals surface area (Å²) in [4.78, 5) is 13.2. The molecule has 1 atom stereocenters. The highest BCUT2D eigenvalue weighted by Crippen LogP contribution is 2.40. The van der Waals surface area contributed by atoms with Crippen LogP contribution in [0.25, 0.3) is 21.8 Å². The summed E-state index contributed by atoms with van der Waals surface area (Å²) in [5.74, 6) is 1.72. The number of fused-ring (bicyclic) bond motifs is 2. The van der Waals surface area contributed by atoms with Crippen LogP contribution in [0.2, 0.25) is 5.28 Å². The monoisotopic (exact) mass is 462 g/mol. The van der Waals surface area contributed by atoms with Crippen LogP contribution >= 0.6 is 11.6 Å². The van der Waals surface area contributed by atoms with E-state index in [4.69, 9.17) is 11.6 Å². The summed E-state index contributed by atoms with van der Waals surface area (Å²) in [7, 11) is 0. The van der Waals surface area contributed by atoms with Crippen molar-refractivity contribution in [2.24, 2.45) is 5.92 Å². The average molecular weight is 463 g/mol. The topological polar surface area (TPSA) is 50.7 Å². The smallest absolute Gasteiger partial charge is 0.224 e. The van der Waals surface area contributed by atoms with Crippen LogP contribution in [0.4, 0.5) is 10.2 Å². The van der Waals surface area contributed by atoms with Crippen LogP contribution in [0.1, 0.15) is 56.1 Å². The van der Waals surface area contributed by atoms with Crippen molar-refractivity contribution in [3.8, 4) is 0 Å². The Balaban J connectivity index is 1.24. The molecular formula is C27H28ClFN4. The SMILES string of the molecule is Cc1ccc2c(N[C@H](C)C[C@H]3CC[C@H](c4ccnc5ccc(F)cc54)CC3)nc(Cl)nc2c1. The first-order valence-corrected chi connectivity index (χ1v) is 12.1. The molecule has 0 bridgehead atoms. The third kappa shape index (κ3) is 4.79. The summed E-state index contributed by atoms with van der Waals surface area (Å²) in [6.45, 7) is 4.26. The second-order valence-corrected chi connectivity index (χ2v) is 9.76. The quantitative estimate of drug-likeness (QED) is 0.313. The molecule has 0 spiro atoms. The fourth-order valence-electron chi connectivity index (χ4n) is 5.32. The van der Waals surface area contributed by atoms with Crippen LogP contribution in [0.15, 0.2) is 48.7 Å². The van der Waals surface area contributed by atoms with E-state index in [1.54, 1.807) is 12.1 Å². The molecule has 4 nitrogen and oxygen atoms in total. The minimum Gasteiger partial charge on any atom is -0.367 e. The van der Waals surface area contributed by atoms with Gasteiger partial charge in [-0.25, -0.2) is 14.4 Å². The highest BCUT2D eigenvalue weighted by atomic mass is 35.5. The Morgan fingerprint density at radius 3 is 2.64 bits per heavy atom. The van der Waals surface area contributed by atoms with Crippen LogP contribution in [0.3, 0.4) is 0 Å². The van der Waals surface area contributed by atoms with Gasteiger partial charge in [0.2, 0.25) is 5.28 Å². The third-order valence-corrected chi connectivity index (χ3v) is 7.09. The summed E-state index contributed by atoms with van der Waals surface area (Å²) < 4.78 is 13.9. The number of aryl methyl sites for hydroxylation is 1. The Labute approximate surface area is 198 Å². The number of anilines is 1. The predicted octanol–water partition coefficient (Wildman–Crippen LogP) is 7.44. The van der Waals surface area contributed by atoms with Gasteiger partial charge in [-0.2, -0.15) is 0 Å². The van der Waals surface area contributed by atoms with E-state index in [0.717, 1.165) is 52.4 Å². The van der Waals surface area contributed by atoms with Crippen LogP contribution in [0.5, 0.6) is 0 Å². The van der Waals surface area contributed by atoms with E-state index in [0.29, 0.717) is 11.8 Å². The van der Waals surface area contributed by atoms with E-state index in [1.807, 2.05) is 19.2 Å². The molecule has 1 fully saturated rings. The molecule has 0 radical (unpaired) electrons. The van der Waals surface area contributed by atoms with Crippen LogP contribution in [0, 0.1) is 18.7 Å². The number of aromatic nitrogens is 3. The molecule has 0 saturated heterocycles. The first kappa shape index (κ1) is 22.0. The van der Waals surface area contributed by atoms with E-state index < -0.39 is 0 Å². The number of hydrogen-bond donors (Lipinski definition) is 1. The Morgan fingerprint density at radius 2 is 1.82 bits per heavy atom. The van der Waals surface area contributed by atoms with Gasteiger partial charge in [-0.05, 0) is 117 Å². The normalized spacial score (nSPS) is 19.6. The molecular weight excluding hydrogens is 435 g/mol. The van der Waals surface area contributed by atoms with Gasteiger partial charge in [0.15, 0.2) is 0 Å². The maximum Gasteiger partial charge on any atom is 0.224 e. The average Bonchev–Trinajstić information content (AvgIpc) is 2.78. The third-order valence-electron chi connectivity index (χ3n) is 6.92. The van der Waals surface area contributed by atoms with E-state index in [9.17, 15) is 4.39 Å². The molecule has 1 saturated carbocycles. The van der Waals surface area contributed by atoms with Crippen molar-refractivity contribution in [3.05, 3.63) is 70.9 Å². The van der Waals surface area contributed by atoms with Gasteiger partial charge in [-0.15, -0.1) is 0 Å². The molecule has 1 aliphatic carbocycles. The molecule has 2 heterocycles. The Hall–Kier alpha value is -2.79. The molecule has 6 heteroatoms. The second-order valence-electron chi connectivity index (χ2n) is 9.42. The summed E-state index contributed by atoms with van der Waals surface area (Å²) in [5, 5.41) is 5.80. The summed E-state index contributed by atoms with van der Waals surface area (Å²) >= 11 is 6.19. The number of rotatable bonds is 5. The van der Waals surface area contributed by atoms with E-state index in [1.165, 1.54) is 24.5 Å². The van der Waals surface area contributed by atoms with Crippen LogP contribution in [-0.4, -0.2) is 21.0 Å². The van der Waals surface area contributed by atoms with Crippen molar-refractivity contribution in [2.75, 3.05) is 5.32 Å². The molecule has 2 aromatic carbocycles. The molecule has 4 aromatic rings. The standard InChI is InChI=1S/C27H28ClFN4/c1-16-3-9-22-25(13-16)32-27(28)33-26(22)31-17(2)14-18-4-6-19(7-5-18)21-11-12-30-24-10-8-20(29)15-23(21)24/h3,8-13,15,17-19H,4-7,14H2,1-2H3,(H,31,32,33)/t17-,18-,19-/m1/s1. The molecule has 1 N–H and O–H groups in total. The minimum atomic E-state index is -0.196. The number of hydrogen-bond acceptors (Lipinski definition) is 4. The van der Waals surface area contributed by atoms with Crippen molar-refractivity contribution < 1.29 is 4.39 Å². The zero-order chi connectivity index (χ0) is 22.9. The number of nitrogens with one attached hydrogen (secondary N) is 1. The van der Waals surface area contributed by atoms with E-state index in [2.05, 4.69) is 45.4 Å². The summed E-state index contributed by atoms with van der Waals surface area (Å²) in [6, 6.07) is 13.4. The highest BCUT2D eigenvalue weighted by Gasteiger charge is 2.25. The largest absolute Gasteiger partial charge is 0.367 e. The first-order valence-electron chi connectivity index (χ1n) is 11.7. The predicted molar refractivity (Wildman–Crippen MR) is 133 cm³/mol. The van der Waals surface area contributed by atoms with Gasteiger partial charge in [0.1, 0.15) is 11.6 Å². The van der Waals surface area contributed by atoms with Crippen molar-refractivity contribution in [1.29, 1.82) is 0 Å². The zero-order valence-corrected chi connectivity index (χ0v) is 19.7. The molecule has 2 aromatic heterocycles. The molecule has 5 rings (SSSR count). The number of benzene rings is 2. The number of halogens is 2. The minimum absolute atomic E-state index is 0.196. The fourth-order valence-corrected chi connectivity index (χ4v) is 5.49. The van der Waals surface area contributed by atoms with Crippen molar-refractivity contribution in [2.45, 2.75) is 57.9 Å². The van der Waals surface area contributed by atoms with Crippen LogP contribution in [-0.2, 0) is 0 Å².